The van der Waals surface area contributed by atoms with E-state index in [4.69, 9.17) is 0 Å². The number of ether oxygens (including phenoxy) is 1. The number of aldehydes is 1. The van der Waals surface area contributed by atoms with Gasteiger partial charge in [0.25, 0.3) is 0 Å². The first-order valence-electron chi connectivity index (χ1n) is 3.95. The van der Waals surface area contributed by atoms with Crippen molar-refractivity contribution < 1.29 is 14.3 Å². The van der Waals surface area contributed by atoms with E-state index >= 15 is 0 Å². The standard InChI is InChI=1S/C10H9NO3/c1-14-10(13)4-2-3-8-5-9(7-12)11-6-8/h5-7,11H,4H2,1H3. The van der Waals surface area contributed by atoms with Crippen molar-refractivity contribution in [2.75, 3.05) is 7.11 Å². The molecule has 0 unspecified atom stereocenters. The Kier molecular flexibility index (Phi) is 3.50. The third-order valence-electron chi connectivity index (χ3n) is 1.53. The van der Waals surface area contributed by atoms with Gasteiger partial charge in [-0.3, -0.25) is 9.59 Å². The summed E-state index contributed by atoms with van der Waals surface area (Å²) < 4.78 is 4.41. The van der Waals surface area contributed by atoms with Crippen molar-refractivity contribution in [3.63, 3.8) is 0 Å². The molecular weight excluding hydrogens is 182 g/mol. The van der Waals surface area contributed by atoms with Gasteiger partial charge in [0.15, 0.2) is 6.29 Å². The number of aromatic amines is 1. The summed E-state index contributed by atoms with van der Waals surface area (Å²) in [6.45, 7) is 0. The van der Waals surface area contributed by atoms with Crippen molar-refractivity contribution in [1.82, 2.24) is 4.98 Å². The highest BCUT2D eigenvalue weighted by atomic mass is 16.5. The molecule has 0 saturated carbocycles. The van der Waals surface area contributed by atoms with Gasteiger partial charge in [-0.25, -0.2) is 0 Å². The molecule has 0 atom stereocenters. The Morgan fingerprint density at radius 3 is 3.07 bits per heavy atom. The van der Waals surface area contributed by atoms with Crippen LogP contribution < -0.4 is 0 Å². The number of esters is 1. The first kappa shape index (κ1) is 10.1. The monoisotopic (exact) mass is 191 g/mol. The second-order valence-electron chi connectivity index (χ2n) is 2.52. The fourth-order valence-corrected chi connectivity index (χ4v) is 0.843. The maximum atomic E-state index is 10.7. The average molecular weight is 191 g/mol. The first-order valence-corrected chi connectivity index (χ1v) is 3.95. The topological polar surface area (TPSA) is 59.2 Å². The number of aromatic nitrogens is 1. The Bertz CT molecular complexity index is 395. The molecule has 0 bridgehead atoms. The summed E-state index contributed by atoms with van der Waals surface area (Å²) in [6.07, 6.45) is 2.36. The lowest BCUT2D eigenvalue weighted by Gasteiger charge is -1.88. The Balaban J connectivity index is 2.59. The summed E-state index contributed by atoms with van der Waals surface area (Å²) in [5, 5.41) is 0. The van der Waals surface area contributed by atoms with Crippen LogP contribution in [0.2, 0.25) is 0 Å². The van der Waals surface area contributed by atoms with Gasteiger partial charge in [0, 0.05) is 11.8 Å². The van der Waals surface area contributed by atoms with Gasteiger partial charge in [0.05, 0.1) is 12.8 Å². The summed E-state index contributed by atoms with van der Waals surface area (Å²) in [5.41, 5.74) is 1.14. The van der Waals surface area contributed by atoms with E-state index in [1.807, 2.05) is 0 Å². The minimum Gasteiger partial charge on any atom is -0.468 e. The zero-order valence-electron chi connectivity index (χ0n) is 7.66. The molecule has 0 saturated heterocycles. The second-order valence-corrected chi connectivity index (χ2v) is 2.52. The maximum absolute atomic E-state index is 10.7. The molecule has 4 nitrogen and oxygen atoms in total. The highest BCUT2D eigenvalue weighted by Crippen LogP contribution is 1.98. The highest BCUT2D eigenvalue weighted by molar-refractivity contribution is 5.74. The van der Waals surface area contributed by atoms with Crippen LogP contribution in [0.3, 0.4) is 0 Å². The van der Waals surface area contributed by atoms with Gasteiger partial charge >= 0.3 is 5.97 Å². The van der Waals surface area contributed by atoms with Crippen LogP contribution in [0.15, 0.2) is 12.3 Å². The molecule has 72 valence electrons. The minimum atomic E-state index is -0.372. The third kappa shape index (κ3) is 2.79. The van der Waals surface area contributed by atoms with E-state index in [1.54, 1.807) is 12.3 Å². The normalized spacial score (nSPS) is 8.64. The molecule has 1 rings (SSSR count). The fraction of sp³-hybridized carbons (Fsp3) is 0.200. The predicted molar refractivity (Wildman–Crippen MR) is 49.7 cm³/mol. The van der Waals surface area contributed by atoms with Crippen LogP contribution in [0.1, 0.15) is 22.5 Å². The number of hydrogen-bond acceptors (Lipinski definition) is 3. The number of methoxy groups -OCH3 is 1. The summed E-state index contributed by atoms with van der Waals surface area (Å²) >= 11 is 0. The fourth-order valence-electron chi connectivity index (χ4n) is 0.843. The maximum Gasteiger partial charge on any atom is 0.317 e. The van der Waals surface area contributed by atoms with Crippen LogP contribution in [0, 0.1) is 11.8 Å². The van der Waals surface area contributed by atoms with E-state index in [2.05, 4.69) is 21.6 Å². The number of nitrogens with one attached hydrogen (secondary N) is 1. The van der Waals surface area contributed by atoms with E-state index < -0.39 is 0 Å². The molecule has 1 N–H and O–H groups in total. The van der Waals surface area contributed by atoms with Crippen molar-refractivity contribution in [2.45, 2.75) is 6.42 Å². The largest absolute Gasteiger partial charge is 0.468 e. The van der Waals surface area contributed by atoms with Crippen LogP contribution in [-0.2, 0) is 9.53 Å². The zero-order valence-corrected chi connectivity index (χ0v) is 7.66. The molecular formula is C10H9NO3. The molecule has 0 aromatic carbocycles. The summed E-state index contributed by atoms with van der Waals surface area (Å²) in [6, 6.07) is 1.61. The smallest absolute Gasteiger partial charge is 0.317 e. The van der Waals surface area contributed by atoms with Gasteiger partial charge in [-0.15, -0.1) is 0 Å². The Morgan fingerprint density at radius 1 is 1.71 bits per heavy atom. The van der Waals surface area contributed by atoms with Crippen molar-refractivity contribution >= 4 is 12.3 Å². The molecule has 1 heterocycles. The lowest BCUT2D eigenvalue weighted by atomic mass is 10.3. The molecule has 0 aliphatic heterocycles. The predicted octanol–water partition coefficient (Wildman–Crippen LogP) is 0.742. The molecule has 0 amide bonds. The van der Waals surface area contributed by atoms with Crippen LogP contribution >= 0.6 is 0 Å². The highest BCUT2D eigenvalue weighted by Gasteiger charge is 1.95. The van der Waals surface area contributed by atoms with Crippen LogP contribution in [0.5, 0.6) is 0 Å². The lowest BCUT2D eigenvalue weighted by molar-refractivity contribution is -0.139. The quantitative estimate of drug-likeness (QED) is 0.426. The van der Waals surface area contributed by atoms with E-state index in [0.717, 1.165) is 0 Å². The van der Waals surface area contributed by atoms with Crippen LogP contribution in [0.25, 0.3) is 0 Å². The van der Waals surface area contributed by atoms with Gasteiger partial charge in [-0.2, -0.15) is 0 Å². The summed E-state index contributed by atoms with van der Waals surface area (Å²) in [7, 11) is 1.31. The molecule has 1 aromatic rings. The van der Waals surface area contributed by atoms with Crippen molar-refractivity contribution in [3.8, 4) is 11.8 Å². The molecule has 0 radical (unpaired) electrons. The minimum absolute atomic E-state index is 0.0537. The summed E-state index contributed by atoms with van der Waals surface area (Å²) in [5.74, 6) is 4.98. The Hall–Kier alpha value is -2.02. The third-order valence-corrected chi connectivity index (χ3v) is 1.53. The van der Waals surface area contributed by atoms with E-state index in [0.29, 0.717) is 17.5 Å². The molecule has 0 aliphatic carbocycles. The average Bonchev–Trinajstić information content (AvgIpc) is 2.65. The number of rotatable bonds is 2. The van der Waals surface area contributed by atoms with Crippen LogP contribution in [-0.4, -0.2) is 24.3 Å². The molecule has 0 fully saturated rings. The van der Waals surface area contributed by atoms with Gasteiger partial charge in [-0.05, 0) is 6.07 Å². The zero-order chi connectivity index (χ0) is 10.4. The number of carbonyl (C=O) groups is 2. The van der Waals surface area contributed by atoms with Crippen molar-refractivity contribution in [2.24, 2.45) is 0 Å². The number of H-pyrrole nitrogens is 1. The molecule has 14 heavy (non-hydrogen) atoms. The number of hydrogen-bond donors (Lipinski definition) is 1. The molecule has 0 aliphatic rings. The Morgan fingerprint density at radius 2 is 2.50 bits per heavy atom. The summed E-state index contributed by atoms with van der Waals surface area (Å²) in [4.78, 5) is 23.7. The van der Waals surface area contributed by atoms with E-state index in [1.165, 1.54) is 7.11 Å². The van der Waals surface area contributed by atoms with E-state index in [9.17, 15) is 9.59 Å². The van der Waals surface area contributed by atoms with Crippen molar-refractivity contribution in [1.29, 1.82) is 0 Å². The molecule has 1 aromatic heterocycles. The lowest BCUT2D eigenvalue weighted by Crippen LogP contribution is -1.96. The number of carbonyl (C=O) groups excluding carboxylic acids is 2. The van der Waals surface area contributed by atoms with E-state index in [-0.39, 0.29) is 12.4 Å². The van der Waals surface area contributed by atoms with Gasteiger partial charge in [0.1, 0.15) is 6.42 Å². The molecule has 0 spiro atoms. The molecule has 4 heteroatoms. The Labute approximate surface area is 81.3 Å². The van der Waals surface area contributed by atoms with Gasteiger partial charge < -0.3 is 9.72 Å². The van der Waals surface area contributed by atoms with Crippen LogP contribution in [0.4, 0.5) is 0 Å². The van der Waals surface area contributed by atoms with Gasteiger partial charge in [0.2, 0.25) is 0 Å². The first-order chi connectivity index (χ1) is 6.76. The SMILES string of the molecule is COC(=O)CC#Cc1c[nH]c(C=O)c1. The van der Waals surface area contributed by atoms with Gasteiger partial charge in [-0.1, -0.05) is 11.8 Å². The van der Waals surface area contributed by atoms with Crippen molar-refractivity contribution in [3.05, 3.63) is 23.5 Å². The second kappa shape index (κ2) is 4.87.